The molecule has 1 aliphatic carbocycles. The van der Waals surface area contributed by atoms with Crippen molar-refractivity contribution in [1.82, 2.24) is 15.1 Å². The molecule has 5 rings (SSSR count). The summed E-state index contributed by atoms with van der Waals surface area (Å²) >= 11 is 0. The molecule has 9 heteroatoms. The molecule has 2 aromatic rings. The highest BCUT2D eigenvalue weighted by Crippen LogP contribution is 2.33. The predicted octanol–water partition coefficient (Wildman–Crippen LogP) is 5.39. The molecule has 2 heterocycles. The van der Waals surface area contributed by atoms with Crippen molar-refractivity contribution in [2.24, 2.45) is 27.7 Å². The quantitative estimate of drug-likeness (QED) is 0.325. The van der Waals surface area contributed by atoms with Crippen LogP contribution < -0.4 is 5.32 Å². The standard InChI is InChI=1S/C19H27NO3.C16H22N4O/c1-13(2)15-8-10-16(11-9-15)18(21)20-17(19(22)23)12-14-6-4-3-5-7-14;1-19-9-5-8-15(19)18-16(20-10-12-21-13-11-20)17-14-6-3-2-4-7-14/h3-7,13,15-17H,8-12H2,1-2H3,(H,20,21)(H,22,23);2-4,6-7H,5,8-13H2,1H3/b;17-16-,18-15-/t15-,16-,17-;/m1./s1. The Kier molecular flexibility index (Phi) is 12.8. The number of nitrogens with one attached hydrogen (secondary N) is 1. The second-order valence-electron chi connectivity index (χ2n) is 12.3. The highest BCUT2D eigenvalue weighted by atomic mass is 16.5. The summed E-state index contributed by atoms with van der Waals surface area (Å²) in [5, 5.41) is 12.1. The van der Waals surface area contributed by atoms with Crippen LogP contribution in [0, 0.1) is 17.8 Å². The van der Waals surface area contributed by atoms with Crippen molar-refractivity contribution in [3.8, 4) is 0 Å². The first-order valence-electron chi connectivity index (χ1n) is 16.1. The molecular formula is C35H49N5O4. The van der Waals surface area contributed by atoms with E-state index < -0.39 is 12.0 Å². The van der Waals surface area contributed by atoms with Gasteiger partial charge in [-0.25, -0.2) is 9.79 Å². The number of guanidine groups is 1. The number of carbonyl (C=O) groups is 2. The fourth-order valence-electron chi connectivity index (χ4n) is 5.99. The maximum absolute atomic E-state index is 12.4. The summed E-state index contributed by atoms with van der Waals surface area (Å²) in [5.41, 5.74) is 1.87. The van der Waals surface area contributed by atoms with E-state index in [0.29, 0.717) is 18.3 Å². The molecule has 2 saturated heterocycles. The molecular weight excluding hydrogens is 554 g/mol. The first-order valence-corrected chi connectivity index (χ1v) is 16.1. The molecule has 0 unspecified atom stereocenters. The summed E-state index contributed by atoms with van der Waals surface area (Å²) in [5.74, 6) is 2.18. The van der Waals surface area contributed by atoms with Gasteiger partial charge >= 0.3 is 5.97 Å². The number of hydrogen-bond acceptors (Lipinski definition) is 4. The third kappa shape index (κ3) is 10.2. The molecule has 44 heavy (non-hydrogen) atoms. The second kappa shape index (κ2) is 16.9. The Bertz CT molecular complexity index is 1240. The van der Waals surface area contributed by atoms with Crippen LogP contribution >= 0.6 is 0 Å². The molecule has 2 N–H and O–H groups in total. The summed E-state index contributed by atoms with van der Waals surface area (Å²) < 4.78 is 5.44. The Morgan fingerprint density at radius 2 is 1.59 bits per heavy atom. The zero-order chi connectivity index (χ0) is 31.3. The van der Waals surface area contributed by atoms with Gasteiger partial charge in [-0.1, -0.05) is 62.4 Å². The van der Waals surface area contributed by atoms with Crippen molar-refractivity contribution in [2.45, 2.75) is 64.8 Å². The number of amidine groups is 1. The van der Waals surface area contributed by atoms with Crippen LogP contribution in [0.1, 0.15) is 57.9 Å². The van der Waals surface area contributed by atoms with Crippen molar-refractivity contribution in [1.29, 1.82) is 0 Å². The van der Waals surface area contributed by atoms with Crippen molar-refractivity contribution in [2.75, 3.05) is 39.9 Å². The van der Waals surface area contributed by atoms with E-state index in [1.54, 1.807) is 0 Å². The Labute approximate surface area is 262 Å². The highest BCUT2D eigenvalue weighted by molar-refractivity contribution is 5.97. The zero-order valence-electron chi connectivity index (χ0n) is 26.5. The van der Waals surface area contributed by atoms with Crippen LogP contribution in [0.3, 0.4) is 0 Å². The van der Waals surface area contributed by atoms with Gasteiger partial charge in [-0.3, -0.25) is 4.79 Å². The van der Waals surface area contributed by atoms with Gasteiger partial charge in [0.2, 0.25) is 11.9 Å². The third-order valence-electron chi connectivity index (χ3n) is 8.83. The summed E-state index contributed by atoms with van der Waals surface area (Å²) in [6, 6.07) is 18.6. The number of carboxylic acids is 1. The lowest BCUT2D eigenvalue weighted by atomic mass is 9.76. The number of hydrogen-bond donors (Lipinski definition) is 2. The number of benzene rings is 2. The molecule has 3 aliphatic rings. The summed E-state index contributed by atoms with van der Waals surface area (Å²) in [6.45, 7) is 8.73. The summed E-state index contributed by atoms with van der Waals surface area (Å²) in [4.78, 5) is 37.9. The van der Waals surface area contributed by atoms with Crippen LogP contribution in [-0.4, -0.2) is 84.5 Å². The van der Waals surface area contributed by atoms with Gasteiger partial charge in [-0.05, 0) is 61.6 Å². The van der Waals surface area contributed by atoms with Crippen LogP contribution in [0.2, 0.25) is 0 Å². The molecule has 238 valence electrons. The summed E-state index contributed by atoms with van der Waals surface area (Å²) in [7, 11) is 2.10. The number of para-hydroxylation sites is 1. The molecule has 0 radical (unpaired) electrons. The van der Waals surface area contributed by atoms with E-state index in [9.17, 15) is 14.7 Å². The number of ether oxygens (including phenoxy) is 1. The van der Waals surface area contributed by atoms with Crippen molar-refractivity contribution in [3.05, 3.63) is 66.2 Å². The number of aliphatic carboxylic acids is 1. The minimum atomic E-state index is -0.974. The van der Waals surface area contributed by atoms with E-state index in [0.717, 1.165) is 88.0 Å². The Morgan fingerprint density at radius 3 is 2.16 bits per heavy atom. The maximum Gasteiger partial charge on any atom is 0.326 e. The highest BCUT2D eigenvalue weighted by Gasteiger charge is 2.30. The molecule has 1 saturated carbocycles. The lowest BCUT2D eigenvalue weighted by molar-refractivity contribution is -0.142. The molecule has 2 aromatic carbocycles. The van der Waals surface area contributed by atoms with E-state index in [4.69, 9.17) is 14.7 Å². The number of aliphatic imine (C=N–C) groups is 2. The van der Waals surface area contributed by atoms with Gasteiger partial charge < -0.3 is 25.0 Å². The monoisotopic (exact) mass is 603 g/mol. The number of amides is 1. The van der Waals surface area contributed by atoms with Gasteiger partial charge in [-0.15, -0.1) is 0 Å². The van der Waals surface area contributed by atoms with Crippen molar-refractivity contribution in [3.63, 3.8) is 0 Å². The molecule has 1 atom stereocenters. The first kappa shape index (κ1) is 33.2. The molecule has 1 amide bonds. The Balaban J connectivity index is 0.000000201. The molecule has 0 spiro atoms. The smallest absolute Gasteiger partial charge is 0.326 e. The first-order chi connectivity index (χ1) is 21.3. The maximum atomic E-state index is 12.4. The van der Waals surface area contributed by atoms with Crippen LogP contribution in [0.4, 0.5) is 5.69 Å². The van der Waals surface area contributed by atoms with Gasteiger partial charge in [0.05, 0.1) is 18.9 Å². The van der Waals surface area contributed by atoms with E-state index in [2.05, 4.69) is 36.0 Å². The summed E-state index contributed by atoms with van der Waals surface area (Å²) in [6.07, 6.45) is 6.39. The average molecular weight is 604 g/mol. The van der Waals surface area contributed by atoms with Crippen molar-refractivity contribution < 1.29 is 19.4 Å². The van der Waals surface area contributed by atoms with Crippen LogP contribution in [0.25, 0.3) is 0 Å². The fraction of sp³-hybridized carbons (Fsp3) is 0.543. The molecule has 0 aromatic heterocycles. The second-order valence-corrected chi connectivity index (χ2v) is 12.3. The lowest BCUT2D eigenvalue weighted by Crippen LogP contribution is -2.45. The minimum absolute atomic E-state index is 0.0392. The number of likely N-dealkylation sites (tertiary alicyclic amines) is 1. The van der Waals surface area contributed by atoms with Crippen LogP contribution in [0.5, 0.6) is 0 Å². The van der Waals surface area contributed by atoms with Crippen molar-refractivity contribution >= 4 is 29.4 Å². The van der Waals surface area contributed by atoms with Gasteiger partial charge in [0.25, 0.3) is 0 Å². The van der Waals surface area contributed by atoms with E-state index >= 15 is 0 Å². The minimum Gasteiger partial charge on any atom is -0.480 e. The number of carboxylic acid groups (broad SMARTS) is 1. The van der Waals surface area contributed by atoms with Crippen LogP contribution in [-0.2, 0) is 20.7 Å². The molecule has 3 fully saturated rings. The lowest BCUT2D eigenvalue weighted by Gasteiger charge is -2.30. The van der Waals surface area contributed by atoms with Gasteiger partial charge in [0.1, 0.15) is 11.9 Å². The number of morpholine rings is 1. The number of carbonyl (C=O) groups excluding carboxylic acids is 1. The third-order valence-corrected chi connectivity index (χ3v) is 8.83. The Hall–Kier alpha value is -3.72. The average Bonchev–Trinajstić information content (AvgIpc) is 3.46. The van der Waals surface area contributed by atoms with E-state index in [1.807, 2.05) is 60.7 Å². The largest absolute Gasteiger partial charge is 0.480 e. The normalized spacial score (nSPS) is 22.4. The van der Waals surface area contributed by atoms with Gasteiger partial charge in [0.15, 0.2) is 0 Å². The Morgan fingerprint density at radius 1 is 0.955 bits per heavy atom. The van der Waals surface area contributed by atoms with E-state index in [-0.39, 0.29) is 11.8 Å². The molecule has 9 nitrogen and oxygen atoms in total. The SMILES string of the molecule is CC(C)[C@H]1CC[C@H](C(=O)N[C@H](Cc2ccccc2)C(=O)O)CC1.CN1CCC/C1=N/C(=N/c1ccccc1)N1CCOCC1. The van der Waals surface area contributed by atoms with Gasteiger partial charge in [-0.2, -0.15) is 4.99 Å². The molecule has 0 bridgehead atoms. The van der Waals surface area contributed by atoms with Crippen LogP contribution in [0.15, 0.2) is 70.6 Å². The van der Waals surface area contributed by atoms with E-state index in [1.165, 1.54) is 6.42 Å². The topological polar surface area (TPSA) is 107 Å². The number of rotatable bonds is 7. The fourth-order valence-corrected chi connectivity index (χ4v) is 5.99. The number of nitrogens with zero attached hydrogens (tertiary/aromatic N) is 4. The molecule has 2 aliphatic heterocycles. The zero-order valence-corrected chi connectivity index (χ0v) is 26.5. The predicted molar refractivity (Wildman–Crippen MR) is 175 cm³/mol. The van der Waals surface area contributed by atoms with Gasteiger partial charge in [0, 0.05) is 45.4 Å².